The third-order valence-electron chi connectivity index (χ3n) is 6.22. The van der Waals surface area contributed by atoms with Gasteiger partial charge in [-0.3, -0.25) is 0 Å². The molecule has 0 aliphatic carbocycles. The van der Waals surface area contributed by atoms with Crippen molar-refractivity contribution in [2.75, 3.05) is 5.32 Å². The maximum atomic E-state index is 3.63. The molecule has 7 rings (SSSR count). The number of para-hydroxylation sites is 1. The summed E-state index contributed by atoms with van der Waals surface area (Å²) < 4.78 is 2.69. The van der Waals surface area contributed by atoms with E-state index >= 15 is 0 Å². The van der Waals surface area contributed by atoms with Crippen LogP contribution in [0.25, 0.3) is 53.2 Å². The molecular weight excluding hydrogens is 382 g/mol. The molecule has 140 valence electrons. The van der Waals surface area contributed by atoms with Gasteiger partial charge in [-0.2, -0.15) is 0 Å². The Hall–Kier alpha value is -3.62. The first-order valence-corrected chi connectivity index (χ1v) is 11.0. The molecule has 1 nitrogen and oxygen atoms in total. The lowest BCUT2D eigenvalue weighted by Gasteiger charge is -2.23. The van der Waals surface area contributed by atoms with Crippen LogP contribution in [0, 0.1) is 0 Å². The van der Waals surface area contributed by atoms with Gasteiger partial charge in [-0.05, 0) is 46.3 Å². The Bertz CT molecular complexity index is 1620. The predicted octanol–water partition coefficient (Wildman–Crippen LogP) is 8.60. The summed E-state index contributed by atoms with van der Waals surface area (Å²) in [6, 6.07) is 35.3. The molecular formula is C28H17NS. The number of thiophene rings is 1. The van der Waals surface area contributed by atoms with Crippen LogP contribution in [0.4, 0.5) is 11.4 Å². The average Bonchev–Trinajstić information content (AvgIpc) is 3.17. The summed E-state index contributed by atoms with van der Waals surface area (Å²) in [5, 5.41) is 8.94. The minimum atomic E-state index is 1.18. The van der Waals surface area contributed by atoms with Crippen molar-refractivity contribution < 1.29 is 0 Å². The molecule has 0 saturated carbocycles. The number of fused-ring (bicyclic) bond motifs is 5. The molecule has 1 aliphatic heterocycles. The monoisotopic (exact) mass is 399 g/mol. The summed E-state index contributed by atoms with van der Waals surface area (Å²) in [7, 11) is 0. The van der Waals surface area contributed by atoms with E-state index in [4.69, 9.17) is 0 Å². The van der Waals surface area contributed by atoms with Gasteiger partial charge < -0.3 is 5.32 Å². The molecule has 2 heteroatoms. The number of hydrogen-bond acceptors (Lipinski definition) is 2. The van der Waals surface area contributed by atoms with Crippen LogP contribution in [-0.4, -0.2) is 0 Å². The van der Waals surface area contributed by atoms with E-state index in [0.717, 1.165) is 0 Å². The second-order valence-electron chi connectivity index (χ2n) is 7.87. The number of benzene rings is 5. The number of anilines is 2. The minimum absolute atomic E-state index is 1.18. The molecule has 0 amide bonds. The first-order chi connectivity index (χ1) is 14.9. The molecule has 0 bridgehead atoms. The van der Waals surface area contributed by atoms with E-state index < -0.39 is 0 Å². The predicted molar refractivity (Wildman–Crippen MR) is 131 cm³/mol. The van der Waals surface area contributed by atoms with E-state index in [9.17, 15) is 0 Å². The van der Waals surface area contributed by atoms with Gasteiger partial charge in [-0.15, -0.1) is 11.3 Å². The van der Waals surface area contributed by atoms with Gasteiger partial charge in [0.2, 0.25) is 0 Å². The average molecular weight is 400 g/mol. The van der Waals surface area contributed by atoms with Gasteiger partial charge in [0, 0.05) is 42.5 Å². The first-order valence-electron chi connectivity index (χ1n) is 10.2. The van der Waals surface area contributed by atoms with E-state index in [2.05, 4.69) is 102 Å². The lowest BCUT2D eigenvalue weighted by Crippen LogP contribution is -2.01. The van der Waals surface area contributed by atoms with Crippen molar-refractivity contribution in [2.45, 2.75) is 0 Å². The fraction of sp³-hybridized carbons (Fsp3) is 0. The standard InChI is InChI=1S/C28H17NS/c1-3-9-24-19(6-1)23-15-14-18(22-8-5-10-25(29-24)28(22)23)17-12-13-21-20-7-2-4-11-26(20)30-27(21)16-17/h1-16,29H. The van der Waals surface area contributed by atoms with Crippen LogP contribution in [-0.2, 0) is 0 Å². The van der Waals surface area contributed by atoms with E-state index in [-0.39, 0.29) is 0 Å². The van der Waals surface area contributed by atoms with E-state index in [1.807, 2.05) is 11.3 Å². The molecule has 0 spiro atoms. The Morgan fingerprint density at radius 3 is 2.27 bits per heavy atom. The van der Waals surface area contributed by atoms with Gasteiger partial charge in [0.15, 0.2) is 0 Å². The maximum Gasteiger partial charge on any atom is 0.0470 e. The highest BCUT2D eigenvalue weighted by atomic mass is 32.1. The molecule has 0 saturated heterocycles. The largest absolute Gasteiger partial charge is 0.354 e. The van der Waals surface area contributed by atoms with Crippen molar-refractivity contribution in [3.05, 3.63) is 97.1 Å². The van der Waals surface area contributed by atoms with Crippen LogP contribution in [0.3, 0.4) is 0 Å². The Kier molecular flexibility index (Phi) is 3.21. The van der Waals surface area contributed by atoms with E-state index in [0.29, 0.717) is 0 Å². The molecule has 1 aliphatic rings. The SMILES string of the molecule is c1ccc2c(c1)Nc1cccc3c(-c4ccc5c(c4)sc4ccccc45)ccc-2c13. The highest BCUT2D eigenvalue weighted by Gasteiger charge is 2.19. The second-order valence-corrected chi connectivity index (χ2v) is 8.95. The molecule has 0 radical (unpaired) electrons. The highest BCUT2D eigenvalue weighted by molar-refractivity contribution is 7.25. The zero-order chi connectivity index (χ0) is 19.7. The van der Waals surface area contributed by atoms with E-state index in [1.54, 1.807) is 0 Å². The molecule has 0 unspecified atom stereocenters. The molecule has 30 heavy (non-hydrogen) atoms. The van der Waals surface area contributed by atoms with Crippen molar-refractivity contribution in [2.24, 2.45) is 0 Å². The Balaban J connectivity index is 1.51. The summed E-state index contributed by atoms with van der Waals surface area (Å²) in [5.74, 6) is 0. The molecule has 0 fully saturated rings. The Morgan fingerprint density at radius 2 is 1.27 bits per heavy atom. The van der Waals surface area contributed by atoms with Crippen LogP contribution in [0.2, 0.25) is 0 Å². The summed E-state index contributed by atoms with van der Waals surface area (Å²) in [4.78, 5) is 0. The lowest BCUT2D eigenvalue weighted by atomic mass is 9.88. The van der Waals surface area contributed by atoms with Crippen LogP contribution < -0.4 is 5.32 Å². The fourth-order valence-corrected chi connectivity index (χ4v) is 6.00. The van der Waals surface area contributed by atoms with Gasteiger partial charge in [0.1, 0.15) is 0 Å². The van der Waals surface area contributed by atoms with Crippen LogP contribution in [0.15, 0.2) is 97.1 Å². The summed E-state index contributed by atoms with van der Waals surface area (Å²) in [6.45, 7) is 0. The van der Waals surface area contributed by atoms with Gasteiger partial charge >= 0.3 is 0 Å². The zero-order valence-corrected chi connectivity index (χ0v) is 17.0. The molecule has 6 aromatic rings. The maximum absolute atomic E-state index is 3.63. The molecule has 1 N–H and O–H groups in total. The van der Waals surface area contributed by atoms with Gasteiger partial charge in [0.25, 0.3) is 0 Å². The van der Waals surface area contributed by atoms with Gasteiger partial charge in [0.05, 0.1) is 0 Å². The summed E-state index contributed by atoms with van der Waals surface area (Å²) >= 11 is 1.88. The normalized spacial score (nSPS) is 12.3. The summed E-state index contributed by atoms with van der Waals surface area (Å²) in [6.07, 6.45) is 0. The summed E-state index contributed by atoms with van der Waals surface area (Å²) in [5.41, 5.74) is 7.50. The van der Waals surface area contributed by atoms with Crippen molar-refractivity contribution in [3.63, 3.8) is 0 Å². The fourth-order valence-electron chi connectivity index (χ4n) is 4.85. The second kappa shape index (κ2) is 5.94. The lowest BCUT2D eigenvalue weighted by molar-refractivity contribution is 1.53. The third kappa shape index (κ3) is 2.17. The van der Waals surface area contributed by atoms with E-state index in [1.165, 1.54) is 64.6 Å². The number of rotatable bonds is 1. The molecule has 1 aromatic heterocycles. The van der Waals surface area contributed by atoms with Gasteiger partial charge in [-0.1, -0.05) is 72.8 Å². The van der Waals surface area contributed by atoms with Crippen molar-refractivity contribution in [3.8, 4) is 22.3 Å². The molecule has 5 aromatic carbocycles. The van der Waals surface area contributed by atoms with Gasteiger partial charge in [-0.25, -0.2) is 0 Å². The zero-order valence-electron chi connectivity index (χ0n) is 16.1. The topological polar surface area (TPSA) is 12.0 Å². The highest BCUT2D eigenvalue weighted by Crippen LogP contribution is 2.46. The molecule has 2 heterocycles. The third-order valence-corrected chi connectivity index (χ3v) is 7.35. The smallest absolute Gasteiger partial charge is 0.0470 e. The Morgan fingerprint density at radius 1 is 0.500 bits per heavy atom. The number of nitrogens with one attached hydrogen (secondary N) is 1. The first kappa shape index (κ1) is 16.2. The van der Waals surface area contributed by atoms with Crippen LogP contribution in [0.5, 0.6) is 0 Å². The number of hydrogen-bond donors (Lipinski definition) is 1. The van der Waals surface area contributed by atoms with Crippen LogP contribution in [0.1, 0.15) is 0 Å². The Labute approximate surface area is 178 Å². The quantitative estimate of drug-likeness (QED) is 0.291. The van der Waals surface area contributed by atoms with Crippen LogP contribution >= 0.6 is 11.3 Å². The molecule has 0 atom stereocenters. The van der Waals surface area contributed by atoms with Crippen molar-refractivity contribution in [1.29, 1.82) is 0 Å². The van der Waals surface area contributed by atoms with Crippen molar-refractivity contribution in [1.82, 2.24) is 0 Å². The minimum Gasteiger partial charge on any atom is -0.354 e. The van der Waals surface area contributed by atoms with Crippen molar-refractivity contribution >= 4 is 53.7 Å².